The second kappa shape index (κ2) is 12.0. The van der Waals surface area contributed by atoms with Crippen molar-refractivity contribution in [2.24, 2.45) is 9.98 Å². The molecule has 2 aliphatic heterocycles. The molecule has 2 aliphatic rings. The summed E-state index contributed by atoms with van der Waals surface area (Å²) in [6, 6.07) is 12.8. The molecule has 236 valence electrons. The minimum Gasteiger partial charge on any atom is -0.443 e. The number of imide groups is 1. The standard InChI is InChI=1S/C32H37F3N4O5/c1-8-11-21-12-9-13-23(20-21)31(22-14-16-24(17-15-22)42-32(33,34)35)25-36-18-10-19-38(25)26(37-31)39(27(40)43-29(2,3)4)28(41)44-30(5,6)7/h8-9,12-17,20H,1,10-11,18-19H2,2-7H3. The van der Waals surface area contributed by atoms with E-state index in [2.05, 4.69) is 11.3 Å². The third kappa shape index (κ3) is 7.23. The third-order valence-corrected chi connectivity index (χ3v) is 6.47. The average molecular weight is 615 g/mol. The molecule has 2 heterocycles. The lowest BCUT2D eigenvalue weighted by molar-refractivity contribution is -0.274. The van der Waals surface area contributed by atoms with Gasteiger partial charge in [-0.3, -0.25) is 9.89 Å². The molecule has 0 radical (unpaired) electrons. The molecule has 0 bridgehead atoms. The lowest BCUT2D eigenvalue weighted by atomic mass is 9.81. The van der Waals surface area contributed by atoms with Gasteiger partial charge in [-0.05, 0) is 83.2 Å². The summed E-state index contributed by atoms with van der Waals surface area (Å²) < 4.78 is 54.3. The molecule has 2 aromatic rings. The average Bonchev–Trinajstić information content (AvgIpc) is 3.22. The molecule has 0 saturated carbocycles. The number of carbonyl (C=O) groups is 2. The van der Waals surface area contributed by atoms with E-state index in [0.29, 0.717) is 42.9 Å². The zero-order chi connectivity index (χ0) is 32.5. The van der Waals surface area contributed by atoms with Gasteiger partial charge >= 0.3 is 18.5 Å². The minimum atomic E-state index is -4.87. The quantitative estimate of drug-likeness (QED) is 0.331. The van der Waals surface area contributed by atoms with E-state index in [9.17, 15) is 22.8 Å². The first kappa shape index (κ1) is 32.6. The van der Waals surface area contributed by atoms with E-state index in [4.69, 9.17) is 19.5 Å². The van der Waals surface area contributed by atoms with Crippen molar-refractivity contribution in [2.45, 2.75) is 77.5 Å². The zero-order valence-corrected chi connectivity index (χ0v) is 25.7. The zero-order valence-electron chi connectivity index (χ0n) is 25.7. The first-order chi connectivity index (χ1) is 20.4. The molecule has 2 aromatic carbocycles. The summed E-state index contributed by atoms with van der Waals surface area (Å²) in [7, 11) is 0. The second-order valence-electron chi connectivity index (χ2n) is 12.4. The van der Waals surface area contributed by atoms with Crippen molar-refractivity contribution in [3.63, 3.8) is 0 Å². The molecule has 0 N–H and O–H groups in total. The number of ether oxygens (including phenoxy) is 3. The highest BCUT2D eigenvalue weighted by Gasteiger charge is 2.53. The molecule has 0 spiro atoms. The summed E-state index contributed by atoms with van der Waals surface area (Å²) in [5, 5.41) is 0. The molecule has 44 heavy (non-hydrogen) atoms. The van der Waals surface area contributed by atoms with Crippen molar-refractivity contribution in [3.8, 4) is 5.75 Å². The molecule has 0 aromatic heterocycles. The van der Waals surface area contributed by atoms with Gasteiger partial charge in [-0.25, -0.2) is 14.6 Å². The summed E-state index contributed by atoms with van der Waals surface area (Å²) in [4.78, 5) is 39.6. The fourth-order valence-electron chi connectivity index (χ4n) is 4.94. The number of amidine groups is 1. The summed E-state index contributed by atoms with van der Waals surface area (Å²) in [5.74, 6) is -0.0848. The van der Waals surface area contributed by atoms with Crippen molar-refractivity contribution < 1.29 is 37.0 Å². The van der Waals surface area contributed by atoms with Gasteiger partial charge in [0.15, 0.2) is 5.54 Å². The van der Waals surface area contributed by atoms with E-state index in [-0.39, 0.29) is 5.96 Å². The van der Waals surface area contributed by atoms with E-state index in [1.165, 1.54) is 24.3 Å². The Kier molecular flexibility index (Phi) is 8.86. The van der Waals surface area contributed by atoms with Crippen LogP contribution in [0, 0.1) is 0 Å². The van der Waals surface area contributed by atoms with E-state index in [1.807, 2.05) is 24.3 Å². The summed E-state index contributed by atoms with van der Waals surface area (Å²) in [6.07, 6.45) is -4.00. The molecule has 1 atom stereocenters. The number of amides is 2. The smallest absolute Gasteiger partial charge is 0.443 e. The number of benzene rings is 2. The molecule has 0 aliphatic carbocycles. The number of halogens is 3. The predicted molar refractivity (Wildman–Crippen MR) is 160 cm³/mol. The van der Waals surface area contributed by atoms with Gasteiger partial charge in [-0.15, -0.1) is 24.7 Å². The van der Waals surface area contributed by atoms with E-state index in [1.54, 1.807) is 52.5 Å². The Bertz CT molecular complexity index is 1440. The van der Waals surface area contributed by atoms with Crippen LogP contribution in [-0.2, 0) is 21.4 Å². The molecule has 1 unspecified atom stereocenters. The number of nitrogens with zero attached hydrogens (tertiary/aromatic N) is 4. The molecular weight excluding hydrogens is 577 g/mol. The Balaban J connectivity index is 1.99. The van der Waals surface area contributed by atoms with Crippen LogP contribution in [-0.4, -0.2) is 64.4 Å². The lowest BCUT2D eigenvalue weighted by Gasteiger charge is -2.34. The molecular formula is C32H37F3N4O5. The highest BCUT2D eigenvalue weighted by Crippen LogP contribution is 2.44. The first-order valence-electron chi connectivity index (χ1n) is 14.2. The van der Waals surface area contributed by atoms with Gasteiger partial charge in [0.25, 0.3) is 0 Å². The number of alkyl halides is 3. The van der Waals surface area contributed by atoms with Crippen molar-refractivity contribution in [2.75, 3.05) is 13.1 Å². The number of hydrogen-bond acceptors (Lipinski definition) is 8. The maximum Gasteiger partial charge on any atom is 0.573 e. The highest BCUT2D eigenvalue weighted by molar-refractivity contribution is 6.19. The van der Waals surface area contributed by atoms with Crippen LogP contribution in [0.25, 0.3) is 0 Å². The maximum atomic E-state index is 13.7. The van der Waals surface area contributed by atoms with Gasteiger partial charge in [0.1, 0.15) is 22.8 Å². The predicted octanol–water partition coefficient (Wildman–Crippen LogP) is 7.20. The first-order valence-corrected chi connectivity index (χ1v) is 14.2. The van der Waals surface area contributed by atoms with Gasteiger partial charge in [0, 0.05) is 13.1 Å². The summed E-state index contributed by atoms with van der Waals surface area (Å²) in [5.41, 5.74) is -1.41. The van der Waals surface area contributed by atoms with Crippen LogP contribution in [0.2, 0.25) is 0 Å². The van der Waals surface area contributed by atoms with Gasteiger partial charge in [-0.1, -0.05) is 42.5 Å². The molecule has 4 rings (SSSR count). The van der Waals surface area contributed by atoms with Crippen molar-refractivity contribution >= 4 is 24.0 Å². The summed E-state index contributed by atoms with van der Waals surface area (Å²) in [6.45, 7) is 14.6. The van der Waals surface area contributed by atoms with Gasteiger partial charge in [0.2, 0.25) is 5.96 Å². The van der Waals surface area contributed by atoms with Crippen LogP contribution in [0.3, 0.4) is 0 Å². The number of guanidine groups is 1. The number of allylic oxidation sites excluding steroid dienone is 1. The van der Waals surface area contributed by atoms with E-state index >= 15 is 0 Å². The topological polar surface area (TPSA) is 93.0 Å². The SMILES string of the molecule is C=CCc1cccc(C2(c3ccc(OC(F)(F)F)cc3)N=C(N(C(=O)OC(C)(C)C)C(=O)OC(C)(C)C)N3CCCN=C32)c1. The van der Waals surface area contributed by atoms with Crippen LogP contribution < -0.4 is 4.74 Å². The fourth-order valence-corrected chi connectivity index (χ4v) is 4.94. The van der Waals surface area contributed by atoms with Crippen molar-refractivity contribution in [3.05, 3.63) is 77.9 Å². The van der Waals surface area contributed by atoms with Crippen LogP contribution in [0.5, 0.6) is 5.75 Å². The molecule has 0 saturated heterocycles. The number of hydrogen-bond donors (Lipinski definition) is 0. The van der Waals surface area contributed by atoms with Gasteiger partial charge in [-0.2, -0.15) is 0 Å². The molecule has 9 nitrogen and oxygen atoms in total. The molecule has 0 fully saturated rings. The van der Waals surface area contributed by atoms with Crippen LogP contribution in [0.15, 0.2) is 71.2 Å². The van der Waals surface area contributed by atoms with Crippen molar-refractivity contribution in [1.29, 1.82) is 0 Å². The number of rotatable bonds is 5. The molecule has 12 heteroatoms. The Morgan fingerprint density at radius 2 is 1.59 bits per heavy atom. The molecule has 2 amide bonds. The monoisotopic (exact) mass is 614 g/mol. The highest BCUT2D eigenvalue weighted by atomic mass is 19.4. The number of fused-ring (bicyclic) bond motifs is 1. The van der Waals surface area contributed by atoms with Gasteiger partial charge in [0.05, 0.1) is 0 Å². The Morgan fingerprint density at radius 1 is 0.977 bits per heavy atom. The largest absolute Gasteiger partial charge is 0.573 e. The third-order valence-electron chi connectivity index (χ3n) is 6.47. The second-order valence-corrected chi connectivity index (χ2v) is 12.4. The van der Waals surface area contributed by atoms with Crippen LogP contribution in [0.1, 0.15) is 64.7 Å². The minimum absolute atomic E-state index is 0.0725. The normalized spacial score (nSPS) is 18.5. The number of carbonyl (C=O) groups excluding carboxylic acids is 2. The van der Waals surface area contributed by atoms with E-state index < -0.39 is 41.0 Å². The van der Waals surface area contributed by atoms with E-state index in [0.717, 1.165) is 10.5 Å². The van der Waals surface area contributed by atoms with Crippen molar-refractivity contribution in [1.82, 2.24) is 9.80 Å². The van der Waals surface area contributed by atoms with Crippen LogP contribution in [0.4, 0.5) is 22.8 Å². The Hall–Kier alpha value is -4.35. The summed E-state index contributed by atoms with van der Waals surface area (Å²) >= 11 is 0. The lowest BCUT2D eigenvalue weighted by Crippen LogP contribution is -2.54. The Labute approximate surface area is 255 Å². The number of aliphatic imine (C=N–C) groups is 2. The Morgan fingerprint density at radius 3 is 2.14 bits per heavy atom. The fraction of sp³-hybridized carbons (Fsp3) is 0.438. The van der Waals surface area contributed by atoms with Gasteiger partial charge < -0.3 is 14.2 Å². The maximum absolute atomic E-state index is 13.7. The van der Waals surface area contributed by atoms with Crippen LogP contribution >= 0.6 is 0 Å².